The molecule has 0 atom stereocenters. The van der Waals surface area contributed by atoms with Crippen molar-refractivity contribution in [1.29, 1.82) is 0 Å². The first-order valence-corrected chi connectivity index (χ1v) is 6.22. The second kappa shape index (κ2) is 4.33. The largest absolute Gasteiger partial charge is 0.263 e. The molecule has 1 saturated carbocycles. The van der Waals surface area contributed by atoms with Crippen molar-refractivity contribution in [2.45, 2.75) is 64.2 Å². The van der Waals surface area contributed by atoms with Gasteiger partial charge in [-0.2, -0.15) is 5.10 Å². The van der Waals surface area contributed by atoms with Gasteiger partial charge in [0.15, 0.2) is 5.82 Å². The normalized spacial score (nSPS) is 19.6. The maximum absolute atomic E-state index is 4.66. The maximum atomic E-state index is 4.66. The quantitative estimate of drug-likeness (QED) is 0.824. The second-order valence-corrected chi connectivity index (χ2v) is 4.70. The Kier molecular flexibility index (Phi) is 3.08. The number of rotatable bonds is 4. The first-order chi connectivity index (χ1) is 7.30. The van der Waals surface area contributed by atoms with Gasteiger partial charge in [-0.1, -0.05) is 26.7 Å². The van der Waals surface area contributed by atoms with E-state index in [-0.39, 0.29) is 0 Å². The van der Waals surface area contributed by atoms with Crippen LogP contribution in [0.25, 0.3) is 0 Å². The molecule has 1 aliphatic rings. The third-order valence-electron chi connectivity index (χ3n) is 3.73. The van der Waals surface area contributed by atoms with Crippen LogP contribution in [0.2, 0.25) is 0 Å². The van der Waals surface area contributed by atoms with E-state index in [9.17, 15) is 0 Å². The molecule has 1 N–H and O–H groups in total. The van der Waals surface area contributed by atoms with Gasteiger partial charge in [0.1, 0.15) is 5.82 Å². The van der Waals surface area contributed by atoms with Gasteiger partial charge in [0.2, 0.25) is 0 Å². The summed E-state index contributed by atoms with van der Waals surface area (Å²) in [5, 5.41) is 7.51. The van der Waals surface area contributed by atoms with Crippen molar-refractivity contribution in [1.82, 2.24) is 15.2 Å². The Labute approximate surface area is 91.7 Å². The summed E-state index contributed by atoms with van der Waals surface area (Å²) >= 11 is 0. The predicted molar refractivity (Wildman–Crippen MR) is 60.8 cm³/mol. The fourth-order valence-corrected chi connectivity index (χ4v) is 2.67. The molecule has 84 valence electrons. The Bertz CT molecular complexity index is 310. The highest BCUT2D eigenvalue weighted by atomic mass is 15.2. The summed E-state index contributed by atoms with van der Waals surface area (Å²) in [6.07, 6.45) is 8.55. The molecule has 2 rings (SSSR count). The molecule has 0 aromatic carbocycles. The minimum atomic E-state index is 0.294. The van der Waals surface area contributed by atoms with Crippen LogP contribution in [-0.4, -0.2) is 15.2 Å². The van der Waals surface area contributed by atoms with Gasteiger partial charge in [-0.05, 0) is 25.7 Å². The molecule has 1 aromatic heterocycles. The van der Waals surface area contributed by atoms with Crippen LogP contribution in [0.5, 0.6) is 0 Å². The Hall–Kier alpha value is -0.860. The second-order valence-electron chi connectivity index (χ2n) is 4.70. The summed E-state index contributed by atoms with van der Waals surface area (Å²) in [6.45, 7) is 4.44. The fraction of sp³-hybridized carbons (Fsp3) is 0.833. The molecule has 1 heterocycles. The molecule has 1 aromatic rings. The monoisotopic (exact) mass is 207 g/mol. The van der Waals surface area contributed by atoms with E-state index in [2.05, 4.69) is 29.0 Å². The van der Waals surface area contributed by atoms with Crippen molar-refractivity contribution in [3.05, 3.63) is 11.6 Å². The first-order valence-electron chi connectivity index (χ1n) is 6.22. The van der Waals surface area contributed by atoms with Crippen molar-refractivity contribution in [2.75, 3.05) is 0 Å². The minimum Gasteiger partial charge on any atom is -0.263 e. The molecule has 1 aliphatic carbocycles. The van der Waals surface area contributed by atoms with Crippen molar-refractivity contribution in [3.63, 3.8) is 0 Å². The molecular weight excluding hydrogens is 186 g/mol. The highest BCUT2D eigenvalue weighted by Crippen LogP contribution is 2.41. The fourth-order valence-electron chi connectivity index (χ4n) is 2.67. The SMILES string of the molecule is CCCc1nc(C2(CC)CCCC2)n[nH]1. The summed E-state index contributed by atoms with van der Waals surface area (Å²) in [5.41, 5.74) is 0.294. The van der Waals surface area contributed by atoms with Gasteiger partial charge in [-0.15, -0.1) is 0 Å². The van der Waals surface area contributed by atoms with Crippen LogP contribution < -0.4 is 0 Å². The standard InChI is InChI=1S/C12H21N3/c1-3-7-10-13-11(15-14-10)12(4-2)8-5-6-9-12/h3-9H2,1-2H3,(H,13,14,15). The van der Waals surface area contributed by atoms with Crippen LogP contribution in [0, 0.1) is 0 Å². The molecule has 15 heavy (non-hydrogen) atoms. The van der Waals surface area contributed by atoms with Crippen molar-refractivity contribution in [2.24, 2.45) is 0 Å². The number of nitrogens with one attached hydrogen (secondary N) is 1. The Balaban J connectivity index is 2.19. The van der Waals surface area contributed by atoms with Crippen LogP contribution in [-0.2, 0) is 11.8 Å². The average molecular weight is 207 g/mol. The lowest BCUT2D eigenvalue weighted by Crippen LogP contribution is -2.22. The van der Waals surface area contributed by atoms with E-state index in [1.165, 1.54) is 32.1 Å². The molecule has 1 fully saturated rings. The third-order valence-corrected chi connectivity index (χ3v) is 3.73. The van der Waals surface area contributed by atoms with E-state index in [0.717, 1.165) is 24.5 Å². The number of aromatic amines is 1. The van der Waals surface area contributed by atoms with E-state index in [4.69, 9.17) is 0 Å². The lowest BCUT2D eigenvalue weighted by molar-refractivity contribution is 0.399. The molecule has 0 saturated heterocycles. The molecule has 0 unspecified atom stereocenters. The van der Waals surface area contributed by atoms with Crippen LogP contribution in [0.3, 0.4) is 0 Å². The van der Waals surface area contributed by atoms with Crippen LogP contribution >= 0.6 is 0 Å². The highest BCUT2D eigenvalue weighted by Gasteiger charge is 2.37. The van der Waals surface area contributed by atoms with E-state index < -0.39 is 0 Å². The summed E-state index contributed by atoms with van der Waals surface area (Å²) in [4.78, 5) is 4.66. The van der Waals surface area contributed by atoms with Crippen LogP contribution in [0.1, 0.15) is 64.0 Å². The number of H-pyrrole nitrogens is 1. The summed E-state index contributed by atoms with van der Waals surface area (Å²) in [6, 6.07) is 0. The zero-order valence-corrected chi connectivity index (χ0v) is 9.84. The molecular formula is C12H21N3. The van der Waals surface area contributed by atoms with E-state index in [1.54, 1.807) is 0 Å². The number of nitrogens with zero attached hydrogens (tertiary/aromatic N) is 2. The Morgan fingerprint density at radius 1 is 1.27 bits per heavy atom. The van der Waals surface area contributed by atoms with Gasteiger partial charge in [0.05, 0.1) is 0 Å². The summed E-state index contributed by atoms with van der Waals surface area (Å²) in [7, 11) is 0. The first kappa shape index (κ1) is 10.7. The van der Waals surface area contributed by atoms with Crippen LogP contribution in [0.4, 0.5) is 0 Å². The number of aromatic nitrogens is 3. The molecule has 3 nitrogen and oxygen atoms in total. The number of hydrogen-bond donors (Lipinski definition) is 1. The minimum absolute atomic E-state index is 0.294. The zero-order valence-electron chi connectivity index (χ0n) is 9.84. The number of aryl methyl sites for hydroxylation is 1. The molecule has 0 aliphatic heterocycles. The zero-order chi connectivity index (χ0) is 10.7. The van der Waals surface area contributed by atoms with Gasteiger partial charge < -0.3 is 0 Å². The molecule has 0 radical (unpaired) electrons. The van der Waals surface area contributed by atoms with E-state index in [0.29, 0.717) is 5.41 Å². The van der Waals surface area contributed by atoms with Gasteiger partial charge in [0.25, 0.3) is 0 Å². The van der Waals surface area contributed by atoms with Gasteiger partial charge >= 0.3 is 0 Å². The predicted octanol–water partition coefficient (Wildman–Crippen LogP) is 2.98. The average Bonchev–Trinajstić information content (AvgIpc) is 2.86. The smallest absolute Gasteiger partial charge is 0.156 e. The Morgan fingerprint density at radius 2 is 2.00 bits per heavy atom. The van der Waals surface area contributed by atoms with Crippen molar-refractivity contribution >= 4 is 0 Å². The lowest BCUT2D eigenvalue weighted by Gasteiger charge is -2.23. The molecule has 3 heteroatoms. The number of hydrogen-bond acceptors (Lipinski definition) is 2. The third kappa shape index (κ3) is 1.92. The molecule has 0 bridgehead atoms. The van der Waals surface area contributed by atoms with Crippen molar-refractivity contribution < 1.29 is 0 Å². The highest BCUT2D eigenvalue weighted by molar-refractivity contribution is 5.10. The summed E-state index contributed by atoms with van der Waals surface area (Å²) < 4.78 is 0. The maximum Gasteiger partial charge on any atom is 0.156 e. The molecule has 0 spiro atoms. The topological polar surface area (TPSA) is 41.6 Å². The van der Waals surface area contributed by atoms with E-state index >= 15 is 0 Å². The van der Waals surface area contributed by atoms with Gasteiger partial charge in [-0.25, -0.2) is 4.98 Å². The van der Waals surface area contributed by atoms with Crippen molar-refractivity contribution in [3.8, 4) is 0 Å². The Morgan fingerprint density at radius 3 is 2.60 bits per heavy atom. The summed E-state index contributed by atoms with van der Waals surface area (Å²) in [5.74, 6) is 2.14. The van der Waals surface area contributed by atoms with E-state index in [1.807, 2.05) is 0 Å². The van der Waals surface area contributed by atoms with Gasteiger partial charge in [-0.3, -0.25) is 5.10 Å². The van der Waals surface area contributed by atoms with Gasteiger partial charge in [0, 0.05) is 11.8 Å². The lowest BCUT2D eigenvalue weighted by atomic mass is 9.83. The molecule has 0 amide bonds. The van der Waals surface area contributed by atoms with Crippen LogP contribution in [0.15, 0.2) is 0 Å².